The van der Waals surface area contributed by atoms with E-state index in [2.05, 4.69) is 10.6 Å². The van der Waals surface area contributed by atoms with E-state index in [4.69, 9.17) is 22.1 Å². The summed E-state index contributed by atoms with van der Waals surface area (Å²) >= 11 is 5.10. The van der Waals surface area contributed by atoms with Crippen molar-refractivity contribution in [1.82, 2.24) is 5.32 Å². The fraction of sp³-hybridized carbons (Fsp3) is 0.364. The maximum absolute atomic E-state index is 8.63. The molecule has 4 nitrogen and oxygen atoms in total. The van der Waals surface area contributed by atoms with Crippen LogP contribution in [-0.2, 0) is 0 Å². The second kappa shape index (κ2) is 7.03. The van der Waals surface area contributed by atoms with E-state index in [1.165, 1.54) is 0 Å². The number of aliphatic hydroxyl groups is 1. The van der Waals surface area contributed by atoms with Gasteiger partial charge in [0, 0.05) is 13.2 Å². The first-order chi connectivity index (χ1) is 7.77. The summed E-state index contributed by atoms with van der Waals surface area (Å²) in [7, 11) is 1.61. The van der Waals surface area contributed by atoms with E-state index in [9.17, 15) is 0 Å². The van der Waals surface area contributed by atoms with Crippen LogP contribution in [0.5, 0.6) is 5.75 Å². The lowest BCUT2D eigenvalue weighted by Crippen LogP contribution is -2.29. The van der Waals surface area contributed by atoms with Crippen LogP contribution in [0.3, 0.4) is 0 Å². The zero-order valence-electron chi connectivity index (χ0n) is 9.19. The predicted octanol–water partition coefficient (Wildman–Crippen LogP) is 1.36. The molecule has 0 amide bonds. The van der Waals surface area contributed by atoms with Crippen molar-refractivity contribution in [3.8, 4) is 5.75 Å². The largest absolute Gasteiger partial charge is 0.495 e. The highest BCUT2D eigenvalue weighted by Crippen LogP contribution is 2.22. The summed E-state index contributed by atoms with van der Waals surface area (Å²) < 4.78 is 5.18. The second-order valence-electron chi connectivity index (χ2n) is 3.16. The quantitative estimate of drug-likeness (QED) is 0.536. The predicted molar refractivity (Wildman–Crippen MR) is 68.9 cm³/mol. The molecule has 5 heteroatoms. The lowest BCUT2D eigenvalue weighted by molar-refractivity contribution is 0.289. The van der Waals surface area contributed by atoms with E-state index in [0.29, 0.717) is 18.1 Å². The number of para-hydroxylation sites is 2. The number of anilines is 1. The van der Waals surface area contributed by atoms with E-state index >= 15 is 0 Å². The maximum Gasteiger partial charge on any atom is 0.170 e. The first kappa shape index (κ1) is 12.7. The molecule has 88 valence electrons. The van der Waals surface area contributed by atoms with Gasteiger partial charge in [0.2, 0.25) is 0 Å². The molecule has 0 bridgehead atoms. The van der Waals surface area contributed by atoms with Crippen LogP contribution in [0.1, 0.15) is 6.42 Å². The Bertz CT molecular complexity index is 345. The van der Waals surface area contributed by atoms with Crippen LogP contribution in [0, 0.1) is 0 Å². The molecule has 0 spiro atoms. The van der Waals surface area contributed by atoms with Crippen molar-refractivity contribution in [3.63, 3.8) is 0 Å². The third kappa shape index (κ3) is 4.04. The van der Waals surface area contributed by atoms with Gasteiger partial charge < -0.3 is 20.5 Å². The molecule has 0 aliphatic carbocycles. The van der Waals surface area contributed by atoms with E-state index < -0.39 is 0 Å². The molecule has 0 fully saturated rings. The molecule has 1 rings (SSSR count). The molecule has 0 aromatic heterocycles. The molecule has 0 aliphatic rings. The third-order valence-corrected chi connectivity index (χ3v) is 2.22. The minimum atomic E-state index is 0.157. The van der Waals surface area contributed by atoms with Gasteiger partial charge in [-0.2, -0.15) is 0 Å². The lowest BCUT2D eigenvalue weighted by atomic mass is 10.3. The molecule has 1 aromatic carbocycles. The summed E-state index contributed by atoms with van der Waals surface area (Å²) in [5.41, 5.74) is 0.825. The van der Waals surface area contributed by atoms with Crippen LogP contribution < -0.4 is 15.4 Å². The average molecular weight is 240 g/mol. The molecule has 0 aliphatic heterocycles. The number of benzene rings is 1. The minimum Gasteiger partial charge on any atom is -0.495 e. The highest BCUT2D eigenvalue weighted by molar-refractivity contribution is 7.80. The molecule has 0 radical (unpaired) electrons. The van der Waals surface area contributed by atoms with Crippen LogP contribution >= 0.6 is 12.2 Å². The van der Waals surface area contributed by atoms with E-state index in [-0.39, 0.29) is 6.61 Å². The summed E-state index contributed by atoms with van der Waals surface area (Å²) in [5, 5.41) is 15.2. The van der Waals surface area contributed by atoms with Gasteiger partial charge in [-0.25, -0.2) is 0 Å². The van der Waals surface area contributed by atoms with Crippen LogP contribution in [0.25, 0.3) is 0 Å². The second-order valence-corrected chi connectivity index (χ2v) is 3.57. The van der Waals surface area contributed by atoms with E-state index in [1.54, 1.807) is 7.11 Å². The van der Waals surface area contributed by atoms with Crippen molar-refractivity contribution in [1.29, 1.82) is 0 Å². The molecule has 3 N–H and O–H groups in total. The monoisotopic (exact) mass is 240 g/mol. The normalized spacial score (nSPS) is 9.62. The van der Waals surface area contributed by atoms with Crippen LogP contribution in [0.15, 0.2) is 24.3 Å². The highest BCUT2D eigenvalue weighted by atomic mass is 32.1. The number of methoxy groups -OCH3 is 1. The molecule has 1 aromatic rings. The molecular formula is C11H16N2O2S. The van der Waals surface area contributed by atoms with E-state index in [0.717, 1.165) is 11.4 Å². The Hall–Kier alpha value is -1.33. The number of hydrogen-bond donors (Lipinski definition) is 3. The number of nitrogens with one attached hydrogen (secondary N) is 2. The van der Waals surface area contributed by atoms with Crippen molar-refractivity contribution in [2.24, 2.45) is 0 Å². The summed E-state index contributed by atoms with van der Waals surface area (Å²) in [6.07, 6.45) is 0.674. The Balaban J connectivity index is 2.49. The molecule has 0 heterocycles. The highest BCUT2D eigenvalue weighted by Gasteiger charge is 2.02. The van der Waals surface area contributed by atoms with Crippen molar-refractivity contribution >= 4 is 23.0 Å². The van der Waals surface area contributed by atoms with Gasteiger partial charge in [-0.3, -0.25) is 0 Å². The van der Waals surface area contributed by atoms with Crippen LogP contribution in [0.2, 0.25) is 0 Å². The Morgan fingerprint density at radius 1 is 1.44 bits per heavy atom. The summed E-state index contributed by atoms with van der Waals surface area (Å²) in [6, 6.07) is 7.55. The van der Waals surface area contributed by atoms with Gasteiger partial charge in [0.15, 0.2) is 5.11 Å². The topological polar surface area (TPSA) is 53.5 Å². The Labute approximate surface area is 101 Å². The number of rotatable bonds is 5. The Morgan fingerprint density at radius 3 is 2.88 bits per heavy atom. The zero-order chi connectivity index (χ0) is 11.8. The third-order valence-electron chi connectivity index (χ3n) is 1.98. The standard InChI is InChI=1S/C11H16N2O2S/c1-15-10-6-3-2-5-9(10)13-11(16)12-7-4-8-14/h2-3,5-6,14H,4,7-8H2,1H3,(H2,12,13,16). The first-order valence-corrected chi connectivity index (χ1v) is 5.47. The lowest BCUT2D eigenvalue weighted by Gasteiger charge is -2.12. The summed E-state index contributed by atoms with van der Waals surface area (Å²) in [4.78, 5) is 0. The van der Waals surface area contributed by atoms with Gasteiger partial charge in [-0.05, 0) is 30.8 Å². The molecule has 0 saturated heterocycles. The zero-order valence-corrected chi connectivity index (χ0v) is 10.0. The fourth-order valence-corrected chi connectivity index (χ4v) is 1.41. The van der Waals surface area contributed by atoms with E-state index in [1.807, 2.05) is 24.3 Å². The Kier molecular flexibility index (Phi) is 5.60. The van der Waals surface area contributed by atoms with Crippen molar-refractivity contribution < 1.29 is 9.84 Å². The smallest absolute Gasteiger partial charge is 0.170 e. The van der Waals surface area contributed by atoms with Crippen LogP contribution in [0.4, 0.5) is 5.69 Å². The van der Waals surface area contributed by atoms with Crippen LogP contribution in [-0.4, -0.2) is 30.5 Å². The van der Waals surface area contributed by atoms with Gasteiger partial charge in [-0.15, -0.1) is 0 Å². The fourth-order valence-electron chi connectivity index (χ4n) is 1.20. The number of ether oxygens (including phenoxy) is 1. The van der Waals surface area contributed by atoms with Crippen molar-refractivity contribution in [3.05, 3.63) is 24.3 Å². The van der Waals surface area contributed by atoms with Crippen molar-refractivity contribution in [2.75, 3.05) is 25.6 Å². The van der Waals surface area contributed by atoms with Gasteiger partial charge in [0.05, 0.1) is 12.8 Å². The molecule has 0 saturated carbocycles. The first-order valence-electron chi connectivity index (χ1n) is 5.06. The number of hydrogen-bond acceptors (Lipinski definition) is 3. The van der Waals surface area contributed by atoms with Gasteiger partial charge >= 0.3 is 0 Å². The molecular weight excluding hydrogens is 224 g/mol. The summed E-state index contributed by atoms with van der Waals surface area (Å²) in [5.74, 6) is 0.744. The average Bonchev–Trinajstić information content (AvgIpc) is 2.30. The minimum absolute atomic E-state index is 0.157. The maximum atomic E-state index is 8.63. The molecule has 0 unspecified atom stereocenters. The van der Waals surface area contributed by atoms with Crippen molar-refractivity contribution in [2.45, 2.75) is 6.42 Å². The number of aliphatic hydroxyl groups excluding tert-OH is 1. The number of thiocarbonyl (C=S) groups is 1. The van der Waals surface area contributed by atoms with Gasteiger partial charge in [0.25, 0.3) is 0 Å². The Morgan fingerprint density at radius 2 is 2.19 bits per heavy atom. The van der Waals surface area contributed by atoms with Gasteiger partial charge in [0.1, 0.15) is 5.75 Å². The molecule has 16 heavy (non-hydrogen) atoms. The summed E-state index contributed by atoms with van der Waals surface area (Å²) in [6.45, 7) is 0.807. The SMILES string of the molecule is COc1ccccc1NC(=S)NCCCO. The van der Waals surface area contributed by atoms with Gasteiger partial charge in [-0.1, -0.05) is 12.1 Å². The molecule has 0 atom stereocenters.